The minimum Gasteiger partial charge on any atom is -0.496 e. The molecule has 1 saturated carbocycles. The topological polar surface area (TPSA) is 195 Å². The standard InChI is InChI=1S/C38H63N5O8S/c1-25(2)22-30(24-44)41-37(47)32(42-36(46)31(29-16-13-14-17-29)18-11-9-8-10-12-20-34(45)51-7)19-15-21-40-38(39)43-52(48,49)35-26(3)23-33(50-6)27(4)28(35)5/h23-25,29-32H,8-22H2,1-7H3,(H,41,47)(H,42,46)(H3,39,40,43). The van der Waals surface area contributed by atoms with E-state index >= 15 is 0 Å². The summed E-state index contributed by atoms with van der Waals surface area (Å²) in [6.45, 7) is 9.18. The second-order valence-corrected chi connectivity index (χ2v) is 16.1. The molecule has 2 rings (SSSR count). The van der Waals surface area contributed by atoms with Crippen molar-refractivity contribution in [1.82, 2.24) is 15.4 Å². The van der Waals surface area contributed by atoms with Gasteiger partial charge in [0.1, 0.15) is 18.1 Å². The van der Waals surface area contributed by atoms with Gasteiger partial charge in [0.25, 0.3) is 10.0 Å². The first-order valence-corrected chi connectivity index (χ1v) is 20.2. The van der Waals surface area contributed by atoms with E-state index in [0.717, 1.165) is 57.8 Å². The maximum atomic E-state index is 13.9. The summed E-state index contributed by atoms with van der Waals surface area (Å²) in [7, 11) is -1.13. The van der Waals surface area contributed by atoms with Crippen LogP contribution in [-0.4, -0.2) is 71.3 Å². The first-order chi connectivity index (χ1) is 24.6. The van der Waals surface area contributed by atoms with Crippen LogP contribution >= 0.6 is 0 Å². The van der Waals surface area contributed by atoms with Crippen molar-refractivity contribution in [3.05, 3.63) is 22.8 Å². The molecule has 3 atom stereocenters. The van der Waals surface area contributed by atoms with E-state index in [1.165, 1.54) is 14.2 Å². The van der Waals surface area contributed by atoms with Crippen molar-refractivity contribution in [2.24, 2.45) is 28.5 Å². The SMILES string of the molecule is COC(=O)CCCCCCCC(C(=O)NC(CCCN=C(N)NS(=O)(=O)c1c(C)cc(OC)c(C)c1C)C(=O)NC(C=O)CC(C)C)C1CCCC1. The molecule has 1 fully saturated rings. The highest BCUT2D eigenvalue weighted by molar-refractivity contribution is 7.90. The van der Waals surface area contributed by atoms with E-state index in [0.29, 0.717) is 54.4 Å². The average molecular weight is 750 g/mol. The lowest BCUT2D eigenvalue weighted by molar-refractivity contribution is -0.140. The minimum atomic E-state index is -4.05. The van der Waals surface area contributed by atoms with E-state index in [1.807, 2.05) is 13.8 Å². The Morgan fingerprint density at radius 1 is 0.942 bits per heavy atom. The van der Waals surface area contributed by atoms with Gasteiger partial charge in [-0.1, -0.05) is 52.4 Å². The molecule has 52 heavy (non-hydrogen) atoms. The van der Waals surface area contributed by atoms with E-state index in [2.05, 4.69) is 20.3 Å². The molecule has 0 aromatic heterocycles. The van der Waals surface area contributed by atoms with E-state index in [4.69, 9.17) is 15.2 Å². The number of nitrogens with two attached hydrogens (primary N) is 1. The lowest BCUT2D eigenvalue weighted by atomic mass is 9.85. The van der Waals surface area contributed by atoms with Crippen molar-refractivity contribution in [2.45, 2.75) is 141 Å². The summed E-state index contributed by atoms with van der Waals surface area (Å²) in [5.41, 5.74) is 7.76. The van der Waals surface area contributed by atoms with Gasteiger partial charge >= 0.3 is 5.97 Å². The van der Waals surface area contributed by atoms with Crippen molar-refractivity contribution in [3.63, 3.8) is 0 Å². The van der Waals surface area contributed by atoms with E-state index in [-0.39, 0.29) is 53.5 Å². The number of ether oxygens (including phenoxy) is 2. The van der Waals surface area contributed by atoms with Crippen LogP contribution in [0.4, 0.5) is 0 Å². The fraction of sp³-hybridized carbons (Fsp3) is 0.711. The Kier molecular flexibility index (Phi) is 19.2. The summed E-state index contributed by atoms with van der Waals surface area (Å²) < 4.78 is 39.0. The molecular formula is C38H63N5O8S. The molecule has 5 N–H and O–H groups in total. The molecule has 13 nitrogen and oxygen atoms in total. The van der Waals surface area contributed by atoms with Crippen LogP contribution in [0.25, 0.3) is 0 Å². The number of aldehydes is 1. The quantitative estimate of drug-likeness (QED) is 0.0395. The lowest BCUT2D eigenvalue weighted by Crippen LogP contribution is -2.52. The molecule has 14 heteroatoms. The molecule has 0 bridgehead atoms. The number of unbranched alkanes of at least 4 members (excludes halogenated alkanes) is 4. The van der Waals surface area contributed by atoms with Gasteiger partial charge in [-0.05, 0) is 100 Å². The Bertz CT molecular complexity index is 1470. The molecule has 3 unspecified atom stereocenters. The highest BCUT2D eigenvalue weighted by Gasteiger charge is 2.33. The number of carbonyl (C=O) groups is 4. The third kappa shape index (κ3) is 14.4. The number of carbonyl (C=O) groups excluding carboxylic acids is 4. The number of methoxy groups -OCH3 is 2. The summed E-state index contributed by atoms with van der Waals surface area (Å²) in [5.74, 6) is -0.337. The van der Waals surface area contributed by atoms with Crippen LogP contribution in [0, 0.1) is 38.5 Å². The molecule has 1 aliphatic rings. The van der Waals surface area contributed by atoms with Crippen molar-refractivity contribution >= 4 is 40.1 Å². The zero-order valence-corrected chi connectivity index (χ0v) is 33.2. The minimum absolute atomic E-state index is 0.0960. The number of esters is 1. The number of benzene rings is 1. The average Bonchev–Trinajstić information content (AvgIpc) is 3.62. The third-order valence-corrected chi connectivity index (χ3v) is 11.6. The van der Waals surface area contributed by atoms with Crippen molar-refractivity contribution < 1.29 is 37.1 Å². The predicted molar refractivity (Wildman–Crippen MR) is 202 cm³/mol. The molecule has 0 spiro atoms. The van der Waals surface area contributed by atoms with Gasteiger partial charge in [0, 0.05) is 18.9 Å². The maximum Gasteiger partial charge on any atom is 0.305 e. The molecule has 2 amide bonds. The van der Waals surface area contributed by atoms with Gasteiger partial charge in [-0.3, -0.25) is 19.4 Å². The largest absolute Gasteiger partial charge is 0.496 e. The van der Waals surface area contributed by atoms with Gasteiger partial charge in [-0.15, -0.1) is 0 Å². The van der Waals surface area contributed by atoms with Gasteiger partial charge in [-0.25, -0.2) is 13.1 Å². The zero-order chi connectivity index (χ0) is 38.8. The van der Waals surface area contributed by atoms with Crippen molar-refractivity contribution in [1.29, 1.82) is 0 Å². The van der Waals surface area contributed by atoms with Gasteiger partial charge in [0.15, 0.2) is 0 Å². The summed E-state index contributed by atoms with van der Waals surface area (Å²) in [6.07, 6.45) is 11.4. The molecule has 1 aromatic carbocycles. The van der Waals surface area contributed by atoms with Crippen LogP contribution in [0.5, 0.6) is 5.75 Å². The Morgan fingerprint density at radius 2 is 1.60 bits per heavy atom. The van der Waals surface area contributed by atoms with E-state index in [9.17, 15) is 27.6 Å². The van der Waals surface area contributed by atoms with Crippen LogP contribution < -0.4 is 25.8 Å². The number of sulfonamides is 1. The second-order valence-electron chi connectivity index (χ2n) is 14.5. The number of amides is 2. The molecule has 294 valence electrons. The summed E-state index contributed by atoms with van der Waals surface area (Å²) in [5, 5.41) is 5.81. The summed E-state index contributed by atoms with van der Waals surface area (Å²) in [6, 6.07) is 0.0612. The molecule has 1 aromatic rings. The summed E-state index contributed by atoms with van der Waals surface area (Å²) >= 11 is 0. The number of aliphatic imine (C=N–C) groups is 1. The van der Waals surface area contributed by atoms with Gasteiger partial charge in [0.05, 0.1) is 25.2 Å². The number of guanidine groups is 1. The summed E-state index contributed by atoms with van der Waals surface area (Å²) in [4.78, 5) is 54.9. The molecule has 0 aliphatic heterocycles. The normalized spacial score (nSPS) is 15.5. The highest BCUT2D eigenvalue weighted by Crippen LogP contribution is 2.35. The molecular weight excluding hydrogens is 687 g/mol. The number of rotatable bonds is 23. The van der Waals surface area contributed by atoms with Crippen LogP contribution in [0.1, 0.15) is 120 Å². The number of hydrogen-bond donors (Lipinski definition) is 4. The zero-order valence-electron chi connectivity index (χ0n) is 32.3. The van der Waals surface area contributed by atoms with Gasteiger partial charge < -0.3 is 30.6 Å². The number of nitrogens with one attached hydrogen (secondary N) is 3. The molecule has 0 heterocycles. The Balaban J connectivity index is 2.12. The molecule has 0 radical (unpaired) electrons. The van der Waals surface area contributed by atoms with Crippen LogP contribution in [0.2, 0.25) is 0 Å². The lowest BCUT2D eigenvalue weighted by Gasteiger charge is -2.27. The first-order valence-electron chi connectivity index (χ1n) is 18.7. The van der Waals surface area contributed by atoms with E-state index < -0.39 is 28.0 Å². The van der Waals surface area contributed by atoms with Crippen LogP contribution in [-0.2, 0) is 33.9 Å². The molecule has 1 aliphatic carbocycles. The van der Waals surface area contributed by atoms with Gasteiger partial charge in [-0.2, -0.15) is 0 Å². The maximum absolute atomic E-state index is 13.9. The van der Waals surface area contributed by atoms with Crippen LogP contribution in [0.15, 0.2) is 16.0 Å². The fourth-order valence-electron chi connectivity index (χ4n) is 7.06. The van der Waals surface area contributed by atoms with Crippen molar-refractivity contribution in [2.75, 3.05) is 20.8 Å². The highest BCUT2D eigenvalue weighted by atomic mass is 32.2. The van der Waals surface area contributed by atoms with Crippen LogP contribution in [0.3, 0.4) is 0 Å². The van der Waals surface area contributed by atoms with E-state index in [1.54, 1.807) is 26.8 Å². The van der Waals surface area contributed by atoms with Gasteiger partial charge in [0.2, 0.25) is 17.8 Å². The van der Waals surface area contributed by atoms with Crippen molar-refractivity contribution in [3.8, 4) is 5.75 Å². The first kappa shape index (κ1) is 44.5. The molecule has 0 saturated heterocycles. The number of hydrogen-bond acceptors (Lipinski definition) is 9. The fourth-order valence-corrected chi connectivity index (χ4v) is 8.54. The number of nitrogens with zero attached hydrogens (tertiary/aromatic N) is 1. The predicted octanol–water partition coefficient (Wildman–Crippen LogP) is 4.92. The Morgan fingerprint density at radius 3 is 2.21 bits per heavy atom. The third-order valence-electron chi connectivity index (χ3n) is 9.92. The number of aryl methyl sites for hydroxylation is 1. The Hall–Kier alpha value is -3.68. The Labute approximate surface area is 311 Å². The smallest absolute Gasteiger partial charge is 0.305 e. The second kappa shape index (κ2) is 22.4. The monoisotopic (exact) mass is 749 g/mol.